The van der Waals surface area contributed by atoms with E-state index in [1.807, 2.05) is 7.05 Å². The first-order chi connectivity index (χ1) is 7.72. The first kappa shape index (κ1) is 11.2. The molecule has 16 heavy (non-hydrogen) atoms. The van der Waals surface area contributed by atoms with Gasteiger partial charge in [0.05, 0.1) is 0 Å². The second-order valence-corrected chi connectivity index (χ2v) is 4.29. The van der Waals surface area contributed by atoms with E-state index in [0.717, 1.165) is 13.0 Å². The molecule has 0 saturated carbocycles. The molecule has 0 fully saturated rings. The van der Waals surface area contributed by atoms with Gasteiger partial charge >= 0.3 is 0 Å². The van der Waals surface area contributed by atoms with Gasteiger partial charge in [0.2, 0.25) is 0 Å². The Hall–Kier alpha value is -1.32. The number of fused-ring (bicyclic) bond motifs is 1. The maximum Gasteiger partial charge on any atom is 0.0480 e. The minimum atomic E-state index is 0.616. The van der Waals surface area contributed by atoms with Crippen molar-refractivity contribution in [2.75, 3.05) is 20.3 Å². The molecule has 86 valence electrons. The molecule has 0 saturated heterocycles. The summed E-state index contributed by atoms with van der Waals surface area (Å²) in [4.78, 5) is 2.13. The van der Waals surface area contributed by atoms with E-state index in [1.54, 1.807) is 0 Å². The Labute approximate surface area is 96.5 Å². The molecule has 0 atom stereocenters. The molecule has 0 aliphatic heterocycles. The zero-order chi connectivity index (χ0) is 11.5. The van der Waals surface area contributed by atoms with Gasteiger partial charge in [0.1, 0.15) is 0 Å². The Morgan fingerprint density at radius 3 is 2.81 bits per heavy atom. The maximum atomic E-state index is 5.57. The Balaban J connectivity index is 2.24. The van der Waals surface area contributed by atoms with Crippen LogP contribution in [-0.4, -0.2) is 29.7 Å². The van der Waals surface area contributed by atoms with Crippen molar-refractivity contribution in [1.82, 2.24) is 9.47 Å². The molecule has 1 heterocycles. The predicted molar refractivity (Wildman–Crippen MR) is 68.3 cm³/mol. The third kappa shape index (κ3) is 2.10. The number of likely N-dealkylation sites (N-methyl/N-ethyl adjacent to an activating group) is 1. The zero-order valence-electron chi connectivity index (χ0n) is 9.98. The van der Waals surface area contributed by atoms with Crippen LogP contribution in [0.3, 0.4) is 0 Å². The fourth-order valence-corrected chi connectivity index (χ4v) is 2.03. The molecule has 3 heteroatoms. The van der Waals surface area contributed by atoms with Crippen LogP contribution in [0.4, 0.5) is 0 Å². The lowest BCUT2D eigenvalue weighted by Crippen LogP contribution is -2.27. The van der Waals surface area contributed by atoms with Gasteiger partial charge in [-0.25, -0.2) is 0 Å². The number of aryl methyl sites for hydroxylation is 1. The first-order valence-corrected chi connectivity index (χ1v) is 5.64. The van der Waals surface area contributed by atoms with Crippen LogP contribution in [0.15, 0.2) is 30.5 Å². The van der Waals surface area contributed by atoms with Gasteiger partial charge < -0.3 is 10.3 Å². The molecule has 3 nitrogen and oxygen atoms in total. The highest BCUT2D eigenvalue weighted by Gasteiger charge is 2.06. The van der Waals surface area contributed by atoms with Crippen molar-refractivity contribution in [2.24, 2.45) is 12.8 Å². The molecule has 0 unspecified atom stereocenters. The maximum absolute atomic E-state index is 5.57. The summed E-state index contributed by atoms with van der Waals surface area (Å²) < 4.78 is 2.19. The normalized spacial score (nSPS) is 11.5. The summed E-state index contributed by atoms with van der Waals surface area (Å²) in [6.45, 7) is 1.62. The molecular weight excluding hydrogens is 198 g/mol. The number of nitrogens with two attached hydrogens (primary N) is 1. The lowest BCUT2D eigenvalue weighted by Gasteiger charge is -2.12. The highest BCUT2D eigenvalue weighted by molar-refractivity contribution is 5.83. The van der Waals surface area contributed by atoms with Crippen LogP contribution >= 0.6 is 0 Å². The third-order valence-corrected chi connectivity index (χ3v) is 3.05. The van der Waals surface area contributed by atoms with E-state index in [-0.39, 0.29) is 0 Å². The Kier molecular flexibility index (Phi) is 3.27. The summed E-state index contributed by atoms with van der Waals surface area (Å²) >= 11 is 0. The molecule has 2 aromatic rings. The van der Waals surface area contributed by atoms with E-state index >= 15 is 0 Å². The molecule has 0 radical (unpaired) electrons. The van der Waals surface area contributed by atoms with E-state index < -0.39 is 0 Å². The van der Waals surface area contributed by atoms with Crippen molar-refractivity contribution in [3.05, 3.63) is 36.0 Å². The quantitative estimate of drug-likeness (QED) is 0.789. The lowest BCUT2D eigenvalue weighted by atomic mass is 10.1. The number of nitrogens with zero attached hydrogens (tertiary/aromatic N) is 2. The summed E-state index contributed by atoms with van der Waals surface area (Å²) in [5.74, 6) is 0. The zero-order valence-corrected chi connectivity index (χ0v) is 9.98. The van der Waals surface area contributed by atoms with Crippen molar-refractivity contribution >= 4 is 10.9 Å². The van der Waals surface area contributed by atoms with Gasteiger partial charge in [-0.05, 0) is 25.1 Å². The third-order valence-electron chi connectivity index (χ3n) is 3.05. The van der Waals surface area contributed by atoms with E-state index in [0.29, 0.717) is 6.67 Å². The summed E-state index contributed by atoms with van der Waals surface area (Å²) in [5, 5.41) is 1.36. The Morgan fingerprint density at radius 2 is 2.06 bits per heavy atom. The molecular formula is C13H19N3. The lowest BCUT2D eigenvalue weighted by molar-refractivity contribution is 0.349. The summed E-state index contributed by atoms with van der Waals surface area (Å²) in [6.07, 6.45) is 3.27. The highest BCUT2D eigenvalue weighted by atomic mass is 15.1. The second-order valence-electron chi connectivity index (χ2n) is 4.29. The van der Waals surface area contributed by atoms with Crippen molar-refractivity contribution in [1.29, 1.82) is 0 Å². The summed E-state index contributed by atoms with van der Waals surface area (Å²) in [5.41, 5.74) is 8.28. The molecule has 2 N–H and O–H groups in total. The molecule has 0 aliphatic carbocycles. The number of aromatic nitrogens is 1. The number of rotatable bonds is 4. The van der Waals surface area contributed by atoms with Crippen molar-refractivity contribution < 1.29 is 0 Å². The Morgan fingerprint density at radius 1 is 1.31 bits per heavy atom. The van der Waals surface area contributed by atoms with Crippen LogP contribution in [-0.2, 0) is 13.5 Å². The SMILES string of the molecule is CN(CN)CCc1cn(C)c2ccccc12. The fraction of sp³-hybridized carbons (Fsp3) is 0.385. The number of para-hydroxylation sites is 1. The van der Waals surface area contributed by atoms with E-state index in [4.69, 9.17) is 5.73 Å². The van der Waals surface area contributed by atoms with Crippen LogP contribution < -0.4 is 5.73 Å². The van der Waals surface area contributed by atoms with E-state index in [2.05, 4.69) is 47.0 Å². The number of hydrogen-bond donors (Lipinski definition) is 1. The topological polar surface area (TPSA) is 34.2 Å². The largest absolute Gasteiger partial charge is 0.350 e. The van der Waals surface area contributed by atoms with Crippen molar-refractivity contribution in [3.8, 4) is 0 Å². The standard InChI is InChI=1S/C13H19N3/c1-15(10-14)8-7-11-9-16(2)13-6-4-3-5-12(11)13/h3-6,9H,7-8,10,14H2,1-2H3. The smallest absolute Gasteiger partial charge is 0.0480 e. The van der Waals surface area contributed by atoms with Crippen LogP contribution in [0, 0.1) is 0 Å². The van der Waals surface area contributed by atoms with E-state index in [1.165, 1.54) is 16.5 Å². The minimum Gasteiger partial charge on any atom is -0.350 e. The molecule has 0 spiro atoms. The van der Waals surface area contributed by atoms with Gasteiger partial charge in [-0.2, -0.15) is 0 Å². The van der Waals surface area contributed by atoms with Gasteiger partial charge in [-0.15, -0.1) is 0 Å². The molecule has 1 aromatic heterocycles. The van der Waals surface area contributed by atoms with Crippen LogP contribution in [0.2, 0.25) is 0 Å². The van der Waals surface area contributed by atoms with Gasteiger partial charge in [0.25, 0.3) is 0 Å². The summed E-state index contributed by atoms with van der Waals surface area (Å²) in [7, 11) is 4.14. The first-order valence-electron chi connectivity index (χ1n) is 5.64. The van der Waals surface area contributed by atoms with Crippen molar-refractivity contribution in [2.45, 2.75) is 6.42 Å². The molecule has 1 aromatic carbocycles. The average Bonchev–Trinajstić information content (AvgIpc) is 2.64. The molecule has 0 amide bonds. The number of hydrogen-bond acceptors (Lipinski definition) is 2. The second kappa shape index (κ2) is 4.68. The van der Waals surface area contributed by atoms with Gasteiger partial charge in [0, 0.05) is 37.4 Å². The van der Waals surface area contributed by atoms with Gasteiger partial charge in [-0.3, -0.25) is 4.90 Å². The molecule has 0 bridgehead atoms. The number of benzene rings is 1. The fourth-order valence-electron chi connectivity index (χ4n) is 2.03. The van der Waals surface area contributed by atoms with Crippen LogP contribution in [0.5, 0.6) is 0 Å². The summed E-state index contributed by atoms with van der Waals surface area (Å²) in [6, 6.07) is 8.52. The average molecular weight is 217 g/mol. The molecule has 0 aliphatic rings. The van der Waals surface area contributed by atoms with E-state index in [9.17, 15) is 0 Å². The minimum absolute atomic E-state index is 0.616. The van der Waals surface area contributed by atoms with Gasteiger partial charge in [0.15, 0.2) is 0 Å². The highest BCUT2D eigenvalue weighted by Crippen LogP contribution is 2.20. The Bertz CT molecular complexity index is 473. The van der Waals surface area contributed by atoms with Crippen LogP contribution in [0.1, 0.15) is 5.56 Å². The molecule has 2 rings (SSSR count). The van der Waals surface area contributed by atoms with Gasteiger partial charge in [-0.1, -0.05) is 18.2 Å². The van der Waals surface area contributed by atoms with Crippen molar-refractivity contribution in [3.63, 3.8) is 0 Å². The van der Waals surface area contributed by atoms with Crippen LogP contribution in [0.25, 0.3) is 10.9 Å². The predicted octanol–water partition coefficient (Wildman–Crippen LogP) is 1.57. The monoisotopic (exact) mass is 217 g/mol.